The molecule has 154 valence electrons. The van der Waals surface area contributed by atoms with Crippen LogP contribution in [0.3, 0.4) is 0 Å². The number of rotatable bonds is 7. The summed E-state index contributed by atoms with van der Waals surface area (Å²) in [6.45, 7) is 0. The molecule has 5 nitrogen and oxygen atoms in total. The van der Waals surface area contributed by atoms with E-state index in [1.54, 1.807) is 44.6 Å². The van der Waals surface area contributed by atoms with Crippen LogP contribution in [-0.2, 0) is 0 Å². The zero-order valence-corrected chi connectivity index (χ0v) is 17.4. The van der Waals surface area contributed by atoms with Gasteiger partial charge in [0.2, 0.25) is 0 Å². The molecule has 31 heavy (non-hydrogen) atoms. The summed E-state index contributed by atoms with van der Waals surface area (Å²) in [4.78, 5) is 12.7. The molecule has 0 fully saturated rings. The number of nitrogens with zero attached hydrogens (tertiary/aromatic N) is 2. The van der Waals surface area contributed by atoms with Crippen LogP contribution in [0.25, 0.3) is 23.0 Å². The van der Waals surface area contributed by atoms with Crippen LogP contribution in [0.2, 0.25) is 0 Å². The van der Waals surface area contributed by atoms with Gasteiger partial charge in [-0.15, -0.1) is 0 Å². The molecule has 0 unspecified atom stereocenters. The van der Waals surface area contributed by atoms with Crippen molar-refractivity contribution in [3.05, 3.63) is 102 Å². The van der Waals surface area contributed by atoms with Gasteiger partial charge in [-0.05, 0) is 60.7 Å². The summed E-state index contributed by atoms with van der Waals surface area (Å²) in [6.07, 6.45) is 5.28. The van der Waals surface area contributed by atoms with Gasteiger partial charge in [-0.3, -0.25) is 4.79 Å². The Morgan fingerprint density at radius 1 is 0.871 bits per heavy atom. The largest absolute Gasteiger partial charge is 0.497 e. The van der Waals surface area contributed by atoms with Gasteiger partial charge in [-0.1, -0.05) is 30.3 Å². The van der Waals surface area contributed by atoms with E-state index in [2.05, 4.69) is 0 Å². The molecular formula is C26H22N2O3. The zero-order valence-electron chi connectivity index (χ0n) is 17.4. The van der Waals surface area contributed by atoms with Crippen LogP contribution in [0.4, 0.5) is 0 Å². The Labute approximate surface area is 181 Å². The monoisotopic (exact) mass is 410 g/mol. The van der Waals surface area contributed by atoms with Crippen LogP contribution in [0.15, 0.2) is 91.1 Å². The van der Waals surface area contributed by atoms with Crippen molar-refractivity contribution in [1.29, 1.82) is 0 Å². The summed E-state index contributed by atoms with van der Waals surface area (Å²) in [5.41, 5.74) is 4.06. The predicted octanol–water partition coefficient (Wildman–Crippen LogP) is 5.45. The maximum Gasteiger partial charge on any atom is 0.185 e. The van der Waals surface area contributed by atoms with E-state index in [-0.39, 0.29) is 5.78 Å². The summed E-state index contributed by atoms with van der Waals surface area (Å²) in [5.74, 6) is 1.32. The van der Waals surface area contributed by atoms with Crippen LogP contribution < -0.4 is 9.47 Å². The molecule has 0 atom stereocenters. The number of ketones is 1. The molecule has 0 saturated carbocycles. The van der Waals surface area contributed by atoms with E-state index in [0.29, 0.717) is 11.3 Å². The van der Waals surface area contributed by atoms with E-state index in [1.165, 1.54) is 0 Å². The lowest BCUT2D eigenvalue weighted by atomic mass is 10.1. The normalized spacial score (nSPS) is 10.9. The van der Waals surface area contributed by atoms with Gasteiger partial charge >= 0.3 is 0 Å². The SMILES string of the molecule is COc1ccc(-c2nn(-c3ccccc3)cc2C=CC(=O)c2cccc(OC)c2)cc1. The van der Waals surface area contributed by atoms with Crippen molar-refractivity contribution in [2.75, 3.05) is 14.2 Å². The fourth-order valence-electron chi connectivity index (χ4n) is 3.23. The predicted molar refractivity (Wildman–Crippen MR) is 122 cm³/mol. The number of methoxy groups -OCH3 is 2. The molecule has 0 N–H and O–H groups in total. The Balaban J connectivity index is 1.71. The molecule has 1 heterocycles. The highest BCUT2D eigenvalue weighted by Gasteiger charge is 2.12. The summed E-state index contributed by atoms with van der Waals surface area (Å²) in [6, 6.07) is 24.7. The minimum Gasteiger partial charge on any atom is -0.497 e. The smallest absolute Gasteiger partial charge is 0.185 e. The highest BCUT2D eigenvalue weighted by Crippen LogP contribution is 2.27. The van der Waals surface area contributed by atoms with Gasteiger partial charge in [0.05, 0.1) is 25.6 Å². The summed E-state index contributed by atoms with van der Waals surface area (Å²) in [5, 5.41) is 4.78. The maximum absolute atomic E-state index is 12.7. The van der Waals surface area contributed by atoms with Gasteiger partial charge < -0.3 is 9.47 Å². The third-order valence-corrected chi connectivity index (χ3v) is 4.90. The van der Waals surface area contributed by atoms with Gasteiger partial charge in [0, 0.05) is 22.9 Å². The van der Waals surface area contributed by atoms with Crippen LogP contribution in [0.5, 0.6) is 11.5 Å². The highest BCUT2D eigenvalue weighted by molar-refractivity contribution is 6.07. The number of para-hydroxylation sites is 1. The number of carbonyl (C=O) groups excluding carboxylic acids is 1. The van der Waals surface area contributed by atoms with Gasteiger partial charge in [0.1, 0.15) is 11.5 Å². The van der Waals surface area contributed by atoms with Crippen LogP contribution in [-0.4, -0.2) is 29.8 Å². The standard InChI is InChI=1S/C26H22N2O3/c1-30-23-14-11-19(12-15-23)26-21(18-28(27-26)22-8-4-3-5-9-22)13-16-25(29)20-7-6-10-24(17-20)31-2/h3-18H,1-2H3. The first-order chi connectivity index (χ1) is 15.2. The lowest BCUT2D eigenvalue weighted by molar-refractivity contribution is 0.104. The van der Waals surface area contributed by atoms with Crippen LogP contribution >= 0.6 is 0 Å². The molecule has 0 spiro atoms. The van der Waals surface area contributed by atoms with Crippen molar-refractivity contribution in [2.45, 2.75) is 0 Å². The number of benzene rings is 3. The average Bonchev–Trinajstić information content (AvgIpc) is 3.27. The second-order valence-corrected chi connectivity index (χ2v) is 6.87. The van der Waals surface area contributed by atoms with Crippen molar-refractivity contribution in [3.63, 3.8) is 0 Å². The topological polar surface area (TPSA) is 53.4 Å². The number of allylic oxidation sites excluding steroid dienone is 1. The molecule has 5 heteroatoms. The van der Waals surface area contributed by atoms with E-state index >= 15 is 0 Å². The van der Waals surface area contributed by atoms with Crippen LogP contribution in [0.1, 0.15) is 15.9 Å². The van der Waals surface area contributed by atoms with Crippen molar-refractivity contribution >= 4 is 11.9 Å². The Morgan fingerprint density at radius 3 is 2.32 bits per heavy atom. The van der Waals surface area contributed by atoms with Crippen LogP contribution in [0, 0.1) is 0 Å². The molecule has 0 bridgehead atoms. The minimum absolute atomic E-state index is 0.105. The molecule has 0 radical (unpaired) electrons. The zero-order chi connectivity index (χ0) is 21.6. The second-order valence-electron chi connectivity index (χ2n) is 6.87. The average molecular weight is 410 g/mol. The van der Waals surface area contributed by atoms with Crippen molar-refractivity contribution in [2.24, 2.45) is 0 Å². The minimum atomic E-state index is -0.105. The van der Waals surface area contributed by atoms with Gasteiger partial charge in [0.25, 0.3) is 0 Å². The fourth-order valence-corrected chi connectivity index (χ4v) is 3.23. The quantitative estimate of drug-likeness (QED) is 0.300. The van der Waals surface area contributed by atoms with Gasteiger partial charge in [-0.25, -0.2) is 4.68 Å². The van der Waals surface area contributed by atoms with Crippen molar-refractivity contribution < 1.29 is 14.3 Å². The Morgan fingerprint density at radius 2 is 1.61 bits per heavy atom. The maximum atomic E-state index is 12.7. The Kier molecular flexibility index (Phi) is 5.94. The molecule has 4 aromatic rings. The molecule has 0 aliphatic heterocycles. The molecule has 0 amide bonds. The molecule has 1 aromatic heterocycles. The summed E-state index contributed by atoms with van der Waals surface area (Å²) < 4.78 is 12.3. The van der Waals surface area contributed by atoms with E-state index < -0.39 is 0 Å². The number of carbonyl (C=O) groups is 1. The Bertz CT molecular complexity index is 1210. The number of hydrogen-bond acceptors (Lipinski definition) is 4. The molecular weight excluding hydrogens is 388 g/mol. The fraction of sp³-hybridized carbons (Fsp3) is 0.0769. The van der Waals surface area contributed by atoms with E-state index in [9.17, 15) is 4.79 Å². The number of aromatic nitrogens is 2. The van der Waals surface area contributed by atoms with Gasteiger partial charge in [-0.2, -0.15) is 5.10 Å². The highest BCUT2D eigenvalue weighted by atomic mass is 16.5. The van der Waals surface area contributed by atoms with E-state index in [1.807, 2.05) is 71.5 Å². The van der Waals surface area contributed by atoms with E-state index in [4.69, 9.17) is 14.6 Å². The molecule has 0 aliphatic carbocycles. The first kappa shape index (κ1) is 20.2. The second kappa shape index (κ2) is 9.13. The third-order valence-electron chi connectivity index (χ3n) is 4.90. The molecule has 0 saturated heterocycles. The van der Waals surface area contributed by atoms with Crippen molar-refractivity contribution in [1.82, 2.24) is 9.78 Å². The molecule has 3 aromatic carbocycles. The summed E-state index contributed by atoms with van der Waals surface area (Å²) >= 11 is 0. The lowest BCUT2D eigenvalue weighted by Gasteiger charge is -2.03. The molecule has 4 rings (SSSR count). The Hall–Kier alpha value is -4.12. The van der Waals surface area contributed by atoms with E-state index in [0.717, 1.165) is 28.3 Å². The third kappa shape index (κ3) is 4.56. The molecule has 0 aliphatic rings. The van der Waals surface area contributed by atoms with Gasteiger partial charge in [0.15, 0.2) is 5.78 Å². The number of hydrogen-bond donors (Lipinski definition) is 0. The summed E-state index contributed by atoms with van der Waals surface area (Å²) in [7, 11) is 3.22. The lowest BCUT2D eigenvalue weighted by Crippen LogP contribution is -1.95. The number of ether oxygens (including phenoxy) is 2. The first-order valence-corrected chi connectivity index (χ1v) is 9.84. The first-order valence-electron chi connectivity index (χ1n) is 9.84. The van der Waals surface area contributed by atoms with Crippen molar-refractivity contribution in [3.8, 4) is 28.4 Å².